The molecule has 172 valence electrons. The van der Waals surface area contributed by atoms with Gasteiger partial charge in [0.2, 0.25) is 0 Å². The Bertz CT molecular complexity index is 1340. The Balaban J connectivity index is 1.55. The maximum absolute atomic E-state index is 13.0. The van der Waals surface area contributed by atoms with E-state index in [1.54, 1.807) is 30.3 Å². The topological polar surface area (TPSA) is 75.7 Å². The lowest BCUT2D eigenvalue weighted by atomic mass is 10.1. The Labute approximate surface area is 214 Å². The number of hydrogen-bond acceptors (Lipinski definition) is 4. The Morgan fingerprint density at radius 1 is 0.824 bits per heavy atom. The zero-order valence-electron chi connectivity index (χ0n) is 17.2. The van der Waals surface area contributed by atoms with Crippen molar-refractivity contribution in [1.29, 1.82) is 0 Å². The van der Waals surface area contributed by atoms with Crippen LogP contribution in [0.3, 0.4) is 0 Å². The van der Waals surface area contributed by atoms with Gasteiger partial charge in [-0.05, 0) is 60.2 Å². The van der Waals surface area contributed by atoms with Crippen LogP contribution < -0.4 is 15.0 Å². The highest BCUT2D eigenvalue weighted by molar-refractivity contribution is 6.39. The van der Waals surface area contributed by atoms with Crippen LogP contribution in [0.1, 0.15) is 11.1 Å². The number of hydrogen-bond donors (Lipinski definition) is 1. The molecule has 1 heterocycles. The third-order valence-corrected chi connectivity index (χ3v) is 5.99. The molecule has 1 aliphatic heterocycles. The highest BCUT2D eigenvalue weighted by atomic mass is 35.5. The summed E-state index contributed by atoms with van der Waals surface area (Å²) in [5, 5.41) is 3.84. The molecule has 3 aromatic rings. The van der Waals surface area contributed by atoms with Gasteiger partial charge in [0, 0.05) is 20.6 Å². The molecule has 0 bridgehead atoms. The minimum absolute atomic E-state index is 0.162. The summed E-state index contributed by atoms with van der Waals surface area (Å²) in [5.74, 6) is -1.20. The Morgan fingerprint density at radius 2 is 1.53 bits per heavy atom. The van der Waals surface area contributed by atoms with Crippen molar-refractivity contribution < 1.29 is 19.1 Å². The lowest BCUT2D eigenvalue weighted by molar-refractivity contribution is -0.122. The van der Waals surface area contributed by atoms with Crippen LogP contribution in [0.4, 0.5) is 10.5 Å². The quantitative estimate of drug-likeness (QED) is 0.297. The molecule has 34 heavy (non-hydrogen) atoms. The number of imide groups is 2. The van der Waals surface area contributed by atoms with Crippen LogP contribution in [0.25, 0.3) is 6.08 Å². The SMILES string of the molecule is O=C1NC(=O)N(c2ccc(Cl)cc2)C(=O)/C1=C/c1ccc(OCc2ccc(Cl)cc2Cl)c(Cl)c1. The van der Waals surface area contributed by atoms with Crippen LogP contribution in [-0.2, 0) is 16.2 Å². The van der Waals surface area contributed by atoms with Crippen LogP contribution in [-0.4, -0.2) is 17.8 Å². The van der Waals surface area contributed by atoms with E-state index in [0.717, 1.165) is 10.5 Å². The third kappa shape index (κ3) is 5.21. The number of carbonyl (C=O) groups is 3. The lowest BCUT2D eigenvalue weighted by Crippen LogP contribution is -2.54. The van der Waals surface area contributed by atoms with Gasteiger partial charge in [-0.15, -0.1) is 0 Å². The highest BCUT2D eigenvalue weighted by Crippen LogP contribution is 2.30. The number of nitrogens with zero attached hydrogens (tertiary/aromatic N) is 1. The minimum Gasteiger partial charge on any atom is -0.487 e. The van der Waals surface area contributed by atoms with Crippen molar-refractivity contribution in [3.05, 3.63) is 97.5 Å². The lowest BCUT2D eigenvalue weighted by Gasteiger charge is -2.26. The Kier molecular flexibility index (Phi) is 7.14. The fraction of sp³-hybridized carbons (Fsp3) is 0.0417. The fourth-order valence-corrected chi connectivity index (χ4v) is 4.00. The van der Waals surface area contributed by atoms with Crippen molar-refractivity contribution in [2.24, 2.45) is 0 Å². The first kappa shape index (κ1) is 24.1. The van der Waals surface area contributed by atoms with E-state index in [2.05, 4.69) is 5.32 Å². The molecule has 0 aliphatic carbocycles. The van der Waals surface area contributed by atoms with Crippen LogP contribution in [0.15, 0.2) is 66.2 Å². The summed E-state index contributed by atoms with van der Waals surface area (Å²) < 4.78 is 5.74. The first-order valence-corrected chi connectivity index (χ1v) is 11.3. The van der Waals surface area contributed by atoms with Gasteiger partial charge in [0.05, 0.1) is 10.7 Å². The monoisotopic (exact) mass is 534 g/mol. The molecule has 0 atom stereocenters. The van der Waals surface area contributed by atoms with E-state index in [-0.39, 0.29) is 22.9 Å². The van der Waals surface area contributed by atoms with E-state index >= 15 is 0 Å². The smallest absolute Gasteiger partial charge is 0.335 e. The van der Waals surface area contributed by atoms with Crippen LogP contribution in [0, 0.1) is 0 Å². The number of nitrogens with one attached hydrogen (secondary N) is 1. The number of halogens is 4. The number of benzene rings is 3. The van der Waals surface area contributed by atoms with Crippen molar-refractivity contribution in [2.45, 2.75) is 6.61 Å². The molecule has 1 N–H and O–H groups in total. The van der Waals surface area contributed by atoms with Gasteiger partial charge in [0.25, 0.3) is 11.8 Å². The molecule has 0 radical (unpaired) electrons. The maximum atomic E-state index is 13.0. The molecule has 0 saturated carbocycles. The zero-order chi connectivity index (χ0) is 24.4. The Hall–Kier alpha value is -3.03. The summed E-state index contributed by atoms with van der Waals surface area (Å²) >= 11 is 24.3. The van der Waals surface area contributed by atoms with Crippen LogP contribution >= 0.6 is 46.4 Å². The molecule has 4 amide bonds. The second-order valence-corrected chi connectivity index (χ2v) is 8.84. The zero-order valence-corrected chi connectivity index (χ0v) is 20.2. The first-order chi connectivity index (χ1) is 16.2. The fourth-order valence-electron chi connectivity index (χ4n) is 3.17. The molecule has 6 nitrogen and oxygen atoms in total. The summed E-state index contributed by atoms with van der Waals surface area (Å²) in [6, 6.07) is 15.1. The number of carbonyl (C=O) groups excluding carboxylic acids is 3. The molecule has 0 aromatic heterocycles. The van der Waals surface area contributed by atoms with Gasteiger partial charge < -0.3 is 4.74 Å². The molecule has 0 spiro atoms. The van der Waals surface area contributed by atoms with E-state index in [0.29, 0.717) is 26.4 Å². The van der Waals surface area contributed by atoms with Gasteiger partial charge >= 0.3 is 6.03 Å². The molecule has 4 rings (SSSR count). The number of rotatable bonds is 5. The molecular weight excluding hydrogens is 522 g/mol. The van der Waals surface area contributed by atoms with Gasteiger partial charge in [-0.25, -0.2) is 9.69 Å². The molecular formula is C24H14Cl4N2O4. The van der Waals surface area contributed by atoms with E-state index < -0.39 is 17.8 Å². The van der Waals surface area contributed by atoms with E-state index in [4.69, 9.17) is 51.1 Å². The minimum atomic E-state index is -0.850. The Morgan fingerprint density at radius 3 is 2.21 bits per heavy atom. The van der Waals surface area contributed by atoms with Gasteiger partial charge in [0.15, 0.2) is 0 Å². The van der Waals surface area contributed by atoms with Crippen molar-refractivity contribution in [2.75, 3.05) is 4.90 Å². The van der Waals surface area contributed by atoms with E-state index in [9.17, 15) is 14.4 Å². The summed E-state index contributed by atoms with van der Waals surface area (Å²) in [6.07, 6.45) is 1.35. The predicted octanol–water partition coefficient (Wildman–Crippen LogP) is 6.55. The van der Waals surface area contributed by atoms with Gasteiger partial charge in [-0.2, -0.15) is 0 Å². The first-order valence-electron chi connectivity index (χ1n) is 9.76. The molecule has 1 aliphatic rings. The molecule has 0 unspecified atom stereocenters. The number of anilines is 1. The number of urea groups is 1. The number of amides is 4. The van der Waals surface area contributed by atoms with Crippen molar-refractivity contribution in [1.82, 2.24) is 5.32 Å². The van der Waals surface area contributed by atoms with E-state index in [1.165, 1.54) is 36.4 Å². The van der Waals surface area contributed by atoms with Gasteiger partial charge in [0.1, 0.15) is 17.9 Å². The second-order valence-electron chi connectivity index (χ2n) is 7.15. The summed E-state index contributed by atoms with van der Waals surface area (Å²) in [6.45, 7) is 0.162. The third-order valence-electron chi connectivity index (χ3n) is 4.85. The van der Waals surface area contributed by atoms with Crippen LogP contribution in [0.5, 0.6) is 5.75 Å². The summed E-state index contributed by atoms with van der Waals surface area (Å²) in [4.78, 5) is 38.5. The second kappa shape index (κ2) is 10.1. The normalized spacial score (nSPS) is 15.0. The highest BCUT2D eigenvalue weighted by Gasteiger charge is 2.36. The molecule has 1 saturated heterocycles. The summed E-state index contributed by atoms with van der Waals surface area (Å²) in [7, 11) is 0. The molecule has 10 heteroatoms. The number of barbiturate groups is 1. The van der Waals surface area contributed by atoms with Crippen molar-refractivity contribution >= 4 is 76.0 Å². The molecule has 3 aromatic carbocycles. The largest absolute Gasteiger partial charge is 0.487 e. The average Bonchev–Trinajstić information content (AvgIpc) is 2.78. The molecule has 1 fully saturated rings. The van der Waals surface area contributed by atoms with Gasteiger partial charge in [-0.1, -0.05) is 58.5 Å². The van der Waals surface area contributed by atoms with E-state index in [1.807, 2.05) is 0 Å². The number of ether oxygens (including phenoxy) is 1. The van der Waals surface area contributed by atoms with Crippen molar-refractivity contribution in [3.8, 4) is 5.75 Å². The maximum Gasteiger partial charge on any atom is 0.335 e. The van der Waals surface area contributed by atoms with Crippen molar-refractivity contribution in [3.63, 3.8) is 0 Å². The standard InChI is InChI=1S/C24H14Cl4N2O4/c25-15-4-6-17(7-5-15)30-23(32)18(22(31)29-24(30)33)9-13-1-8-21(20(28)10-13)34-12-14-2-3-16(26)11-19(14)27/h1-11H,12H2,(H,29,31,33)/b18-9+. The summed E-state index contributed by atoms with van der Waals surface area (Å²) in [5.41, 5.74) is 1.23. The van der Waals surface area contributed by atoms with Gasteiger partial charge in [-0.3, -0.25) is 14.9 Å². The predicted molar refractivity (Wildman–Crippen MR) is 133 cm³/mol. The van der Waals surface area contributed by atoms with Crippen LogP contribution in [0.2, 0.25) is 20.1 Å². The average molecular weight is 536 g/mol.